The van der Waals surface area contributed by atoms with Crippen molar-refractivity contribution in [2.75, 3.05) is 29.6 Å². The number of carbonyl (C=O) groups excluding carboxylic acids is 2. The van der Waals surface area contributed by atoms with Crippen LogP contribution in [0.25, 0.3) is 0 Å². The zero-order valence-corrected chi connectivity index (χ0v) is 24.8. The maximum atomic E-state index is 13.1. The first-order valence-electron chi connectivity index (χ1n) is 11.3. The number of rotatable bonds is 11. The van der Waals surface area contributed by atoms with Crippen LogP contribution in [0, 0.1) is 0 Å². The van der Waals surface area contributed by atoms with Crippen LogP contribution >= 0.6 is 35.1 Å². The van der Waals surface area contributed by atoms with Crippen LogP contribution < -0.4 is 25.1 Å². The molecule has 6 N–H and O–H groups in total. The number of nitrogen functional groups attached to an aromatic ring is 2. The summed E-state index contributed by atoms with van der Waals surface area (Å²) in [7, 11) is 0. The molecule has 2 aliphatic rings. The number of anilines is 2. The van der Waals surface area contributed by atoms with Gasteiger partial charge >= 0.3 is 175 Å². The molecular formula is C21H23AsN9O5S3+. The number of allylic oxidation sites excluding steroid dienone is 1. The summed E-state index contributed by atoms with van der Waals surface area (Å²) in [5, 5.41) is 16.3. The summed E-state index contributed by atoms with van der Waals surface area (Å²) < 4.78 is 6.36. The molecule has 204 valence electrons. The number of hydrogen-bond acceptors (Lipinski definition) is 13. The van der Waals surface area contributed by atoms with Crippen LogP contribution in [0.15, 0.2) is 40.3 Å². The molecule has 2 atom stereocenters. The van der Waals surface area contributed by atoms with Gasteiger partial charge in [-0.25, -0.2) is 4.57 Å². The number of β-lactam (4-membered cyclic amide) rings is 1. The quantitative estimate of drug-likeness (QED) is 0.0325. The third-order valence-corrected chi connectivity index (χ3v) is 9.06. The number of oxime groups is 1. The normalized spacial score (nSPS) is 18.9. The molecule has 18 heteroatoms. The van der Waals surface area contributed by atoms with Gasteiger partial charge in [0.15, 0.2) is 0 Å². The Hall–Kier alpha value is -3.14. The number of nitrogens with one attached hydrogen (secondary N) is 1. The second-order valence-corrected chi connectivity index (χ2v) is 12.3. The molecule has 1 fully saturated rings. The molecule has 2 aliphatic heterocycles. The standard InChI is InChI=1S/C21H22AsN9O5S3/c1-3-5-30-11(24)6-10(23)25-21(30)38-8-9-7-37-18-13(17(33)31(18)14(9)19(34)35)26-16(32)12(28-36-4-2)15-27-20(22)39-29-15/h3,6,13,18H,1,4-5,7-8H2,2H3,(H5,23,24,26,32,34,35)/p+1/b28-12-/t13?,18-/m1/s1. The van der Waals surface area contributed by atoms with Gasteiger partial charge in [-0.3, -0.25) is 0 Å². The first-order chi connectivity index (χ1) is 18.7. The van der Waals surface area contributed by atoms with Gasteiger partial charge < -0.3 is 11.5 Å². The van der Waals surface area contributed by atoms with E-state index in [0.717, 1.165) is 11.5 Å². The Morgan fingerprint density at radius 1 is 1.46 bits per heavy atom. The van der Waals surface area contributed by atoms with Crippen molar-refractivity contribution in [2.45, 2.75) is 30.0 Å². The van der Waals surface area contributed by atoms with Crippen LogP contribution in [0.1, 0.15) is 12.7 Å². The summed E-state index contributed by atoms with van der Waals surface area (Å²) in [5.74, 6) is -1.26. The Labute approximate surface area is 244 Å². The van der Waals surface area contributed by atoms with E-state index in [0.29, 0.717) is 32.6 Å². The van der Waals surface area contributed by atoms with E-state index >= 15 is 0 Å². The van der Waals surface area contributed by atoms with Gasteiger partial charge in [-0.1, -0.05) is 17.6 Å². The number of nitrogens with two attached hydrogens (primary N) is 2. The topological polar surface area (TPSA) is 203 Å². The van der Waals surface area contributed by atoms with Gasteiger partial charge in [0, 0.05) is 0 Å². The minimum absolute atomic E-state index is 0.0661. The molecule has 4 rings (SSSR count). The van der Waals surface area contributed by atoms with E-state index < -0.39 is 29.2 Å². The van der Waals surface area contributed by atoms with Gasteiger partial charge in [0.1, 0.15) is 0 Å². The number of aliphatic carboxylic acids is 1. The summed E-state index contributed by atoms with van der Waals surface area (Å²) in [6.07, 6.45) is 1.66. The monoisotopic (exact) mass is 652 g/mol. The molecule has 0 spiro atoms. The average molecular weight is 653 g/mol. The zero-order valence-electron chi connectivity index (χ0n) is 20.4. The molecule has 39 heavy (non-hydrogen) atoms. The van der Waals surface area contributed by atoms with Crippen molar-refractivity contribution in [3.8, 4) is 0 Å². The van der Waals surface area contributed by atoms with Crippen LogP contribution in [0.4, 0.5) is 11.6 Å². The fourth-order valence-electron chi connectivity index (χ4n) is 3.75. The fraction of sp³-hybridized carbons (Fsp3) is 0.333. The molecule has 0 saturated carbocycles. The predicted octanol–water partition coefficient (Wildman–Crippen LogP) is -1.36. The molecule has 4 heterocycles. The summed E-state index contributed by atoms with van der Waals surface area (Å²) in [5.41, 5.74) is 12.1. The number of thioether (sulfide) groups is 2. The van der Waals surface area contributed by atoms with E-state index in [1.54, 1.807) is 17.6 Å². The molecule has 2 aromatic rings. The molecule has 0 aliphatic carbocycles. The van der Waals surface area contributed by atoms with E-state index in [4.69, 9.17) is 16.3 Å². The van der Waals surface area contributed by atoms with E-state index in [2.05, 4.69) is 48.2 Å². The first kappa shape index (κ1) is 28.9. The molecular weight excluding hydrogens is 629 g/mol. The third-order valence-electron chi connectivity index (χ3n) is 5.41. The van der Waals surface area contributed by atoms with Gasteiger partial charge in [0.05, 0.1) is 12.6 Å². The fourth-order valence-corrected chi connectivity index (χ4v) is 7.15. The van der Waals surface area contributed by atoms with Crippen molar-refractivity contribution >= 4 is 90.8 Å². The molecule has 2 aromatic heterocycles. The molecule has 2 amide bonds. The van der Waals surface area contributed by atoms with Crippen molar-refractivity contribution < 1.29 is 28.9 Å². The van der Waals surface area contributed by atoms with Crippen molar-refractivity contribution in [3.63, 3.8) is 0 Å². The molecule has 2 radical (unpaired) electrons. The summed E-state index contributed by atoms with van der Waals surface area (Å²) in [6, 6.07) is 0.567. The van der Waals surface area contributed by atoms with Crippen molar-refractivity contribution in [1.29, 1.82) is 0 Å². The average Bonchev–Trinajstić information content (AvgIpc) is 3.32. The molecule has 0 bridgehead atoms. The number of amides is 2. The van der Waals surface area contributed by atoms with Crippen LogP contribution in [0.2, 0.25) is 0 Å². The van der Waals surface area contributed by atoms with Gasteiger partial charge in [-0.05, 0) is 11.8 Å². The second kappa shape index (κ2) is 12.4. The zero-order chi connectivity index (χ0) is 28.3. The number of fused-ring (bicyclic) bond motifs is 1. The summed E-state index contributed by atoms with van der Waals surface area (Å²) in [4.78, 5) is 53.1. The Balaban J connectivity index is 1.52. The van der Waals surface area contributed by atoms with Gasteiger partial charge in [0.2, 0.25) is 11.6 Å². The van der Waals surface area contributed by atoms with Crippen LogP contribution in [-0.2, 0) is 25.8 Å². The Bertz CT molecular complexity index is 1400. The second-order valence-electron chi connectivity index (χ2n) is 7.95. The third kappa shape index (κ3) is 6.05. The number of aromatic nitrogens is 4. The van der Waals surface area contributed by atoms with Gasteiger partial charge in [-0.2, -0.15) is 0 Å². The van der Waals surface area contributed by atoms with Crippen molar-refractivity contribution in [3.05, 3.63) is 35.8 Å². The molecule has 14 nitrogen and oxygen atoms in total. The number of hydrogen-bond donors (Lipinski definition) is 4. The molecule has 0 aromatic carbocycles. The molecule has 1 unspecified atom stereocenters. The summed E-state index contributed by atoms with van der Waals surface area (Å²) in [6.45, 7) is 6.02. The number of carbonyl (C=O) groups is 3. The summed E-state index contributed by atoms with van der Waals surface area (Å²) >= 11 is 5.88. The van der Waals surface area contributed by atoms with Gasteiger partial charge in [-0.15, -0.1) is 0 Å². The number of nitrogens with zero attached hydrogens (tertiary/aromatic N) is 6. The van der Waals surface area contributed by atoms with E-state index in [9.17, 15) is 19.5 Å². The maximum absolute atomic E-state index is 13.1. The van der Waals surface area contributed by atoms with Gasteiger partial charge in [0.25, 0.3) is 0 Å². The molecule has 1 saturated heterocycles. The van der Waals surface area contributed by atoms with Crippen molar-refractivity contribution in [1.82, 2.24) is 24.6 Å². The van der Waals surface area contributed by atoms with E-state index in [1.807, 2.05) is 0 Å². The SMILES string of the molecule is C=CC[n+]1c(N)cc(N)nc1SCC1=C(C(=O)O)N2C(=O)C(NC(=O)/C(=N\OCC)c3nsc([As])n3)[C@H]2SC1. The number of carboxylic acids is 1. The van der Waals surface area contributed by atoms with Crippen LogP contribution in [-0.4, -0.2) is 94.2 Å². The van der Waals surface area contributed by atoms with E-state index in [-0.39, 0.29) is 35.4 Å². The van der Waals surface area contributed by atoms with Crippen LogP contribution in [0.5, 0.6) is 0 Å². The van der Waals surface area contributed by atoms with Crippen molar-refractivity contribution in [2.24, 2.45) is 5.16 Å². The number of carboxylic acid groups (broad SMARTS) is 1. The Kier molecular flexibility index (Phi) is 9.15. The first-order valence-corrected chi connectivity index (χ1v) is 15.0. The Morgan fingerprint density at radius 2 is 2.23 bits per heavy atom. The van der Waals surface area contributed by atoms with Crippen LogP contribution in [0.3, 0.4) is 0 Å². The predicted molar refractivity (Wildman–Crippen MR) is 147 cm³/mol. The van der Waals surface area contributed by atoms with E-state index in [1.165, 1.54) is 34.5 Å². The Morgan fingerprint density at radius 3 is 2.87 bits per heavy atom. The minimum atomic E-state index is -1.24.